The molecule has 1 aromatic carbocycles. The summed E-state index contributed by atoms with van der Waals surface area (Å²) >= 11 is 0. The van der Waals surface area contributed by atoms with E-state index in [9.17, 15) is 14.4 Å². The van der Waals surface area contributed by atoms with Gasteiger partial charge in [-0.3, -0.25) is 9.20 Å². The minimum atomic E-state index is -0.712. The lowest BCUT2D eigenvalue weighted by molar-refractivity contribution is -0.0207. The summed E-state index contributed by atoms with van der Waals surface area (Å²) < 4.78 is 33.8. The minimum Gasteiger partial charge on any atom is -0.383 e. The number of fused-ring (bicyclic) bond motifs is 3. The molecule has 0 N–H and O–H groups in total. The standard InChI is InChI=1S/C22H21FN6O4/c1-22(2)7-6-15(32-22)19-26-20(33-27-19)16-18-21(30)28(8-9-31-3)17-12(10-24)13(23)4-5-14(17)29(18)11-25-16/h4-5,11,15H,6-9H2,1-3H3. The Morgan fingerprint density at radius 2 is 2.18 bits per heavy atom. The van der Waals surface area contributed by atoms with E-state index in [0.29, 0.717) is 11.3 Å². The van der Waals surface area contributed by atoms with Crippen LogP contribution >= 0.6 is 0 Å². The number of hydrogen-bond acceptors (Lipinski definition) is 8. The van der Waals surface area contributed by atoms with E-state index in [1.807, 2.05) is 19.9 Å². The third-order valence-electron chi connectivity index (χ3n) is 5.88. The number of rotatable bonds is 5. The number of imidazole rings is 1. The van der Waals surface area contributed by atoms with Crippen LogP contribution < -0.4 is 5.56 Å². The largest absolute Gasteiger partial charge is 0.383 e. The summed E-state index contributed by atoms with van der Waals surface area (Å²) in [5.41, 5.74) is 0.0191. The molecule has 4 aromatic rings. The Balaban J connectivity index is 1.71. The quantitative estimate of drug-likeness (QED) is 0.453. The average molecular weight is 452 g/mol. The highest BCUT2D eigenvalue weighted by molar-refractivity contribution is 5.87. The maximum atomic E-state index is 14.4. The van der Waals surface area contributed by atoms with Gasteiger partial charge in [-0.15, -0.1) is 0 Å². The first-order chi connectivity index (χ1) is 15.8. The van der Waals surface area contributed by atoms with Crippen molar-refractivity contribution in [2.24, 2.45) is 0 Å². The highest BCUT2D eigenvalue weighted by Gasteiger charge is 2.35. The number of aromatic nitrogens is 5. The maximum absolute atomic E-state index is 14.4. The van der Waals surface area contributed by atoms with Crippen molar-refractivity contribution in [1.82, 2.24) is 24.1 Å². The molecule has 11 heteroatoms. The lowest BCUT2D eigenvalue weighted by Gasteiger charge is -2.17. The first kappa shape index (κ1) is 21.2. The first-order valence-corrected chi connectivity index (χ1v) is 10.5. The van der Waals surface area contributed by atoms with E-state index < -0.39 is 11.4 Å². The van der Waals surface area contributed by atoms with Gasteiger partial charge in [0.05, 0.1) is 23.2 Å². The molecule has 0 bridgehead atoms. The zero-order valence-corrected chi connectivity index (χ0v) is 18.3. The molecule has 1 aliphatic rings. The third-order valence-corrected chi connectivity index (χ3v) is 5.88. The average Bonchev–Trinajstić information content (AvgIpc) is 3.51. The fourth-order valence-electron chi connectivity index (χ4n) is 4.27. The van der Waals surface area contributed by atoms with Gasteiger partial charge in [-0.25, -0.2) is 9.37 Å². The van der Waals surface area contributed by atoms with E-state index in [0.717, 1.165) is 12.8 Å². The van der Waals surface area contributed by atoms with Gasteiger partial charge in [0, 0.05) is 13.7 Å². The van der Waals surface area contributed by atoms with Gasteiger partial charge < -0.3 is 18.6 Å². The number of methoxy groups -OCH3 is 1. The zero-order chi connectivity index (χ0) is 23.3. The van der Waals surface area contributed by atoms with Crippen LogP contribution in [0.5, 0.6) is 0 Å². The number of halogens is 1. The lowest BCUT2D eigenvalue weighted by Crippen LogP contribution is -2.25. The Bertz CT molecular complexity index is 1480. The van der Waals surface area contributed by atoms with Gasteiger partial charge in [0.2, 0.25) is 5.82 Å². The van der Waals surface area contributed by atoms with Gasteiger partial charge in [0.25, 0.3) is 11.4 Å². The highest BCUT2D eigenvalue weighted by Crippen LogP contribution is 2.38. The van der Waals surface area contributed by atoms with Gasteiger partial charge in [-0.05, 0) is 38.8 Å². The lowest BCUT2D eigenvalue weighted by atomic mass is 10.1. The normalized spacial score (nSPS) is 17.7. The fraction of sp³-hybridized carbons (Fsp3) is 0.409. The molecule has 0 radical (unpaired) electrons. The molecule has 3 aromatic heterocycles. The topological polar surface area (TPSA) is 120 Å². The van der Waals surface area contributed by atoms with Crippen molar-refractivity contribution in [3.8, 4) is 17.7 Å². The molecular weight excluding hydrogens is 431 g/mol. The summed E-state index contributed by atoms with van der Waals surface area (Å²) in [6.07, 6.45) is 2.75. The monoisotopic (exact) mass is 452 g/mol. The molecule has 1 fully saturated rings. The molecule has 1 saturated heterocycles. The Labute approximate surface area is 187 Å². The Morgan fingerprint density at radius 1 is 1.36 bits per heavy atom. The predicted octanol–water partition coefficient (Wildman–Crippen LogP) is 2.99. The summed E-state index contributed by atoms with van der Waals surface area (Å²) in [5.74, 6) is -0.236. The van der Waals surface area contributed by atoms with E-state index >= 15 is 0 Å². The summed E-state index contributed by atoms with van der Waals surface area (Å²) in [6.45, 7) is 4.31. The number of nitrogens with zero attached hydrogens (tertiary/aromatic N) is 6. The van der Waals surface area contributed by atoms with E-state index in [-0.39, 0.29) is 53.0 Å². The fourth-order valence-corrected chi connectivity index (χ4v) is 4.27. The highest BCUT2D eigenvalue weighted by atomic mass is 19.1. The second kappa shape index (κ2) is 7.75. The Kier molecular flexibility index (Phi) is 4.99. The summed E-state index contributed by atoms with van der Waals surface area (Å²) in [5, 5.41) is 13.6. The molecule has 1 atom stereocenters. The van der Waals surface area contributed by atoms with Crippen LogP contribution in [0.2, 0.25) is 0 Å². The van der Waals surface area contributed by atoms with E-state index in [1.165, 1.54) is 34.5 Å². The number of nitriles is 1. The number of hydrogen-bond donors (Lipinski definition) is 0. The molecule has 170 valence electrons. The molecule has 1 aliphatic heterocycles. The molecule has 0 aliphatic carbocycles. The van der Waals surface area contributed by atoms with Gasteiger partial charge in [-0.1, -0.05) is 5.16 Å². The van der Waals surface area contributed by atoms with Gasteiger partial charge in [0.15, 0.2) is 5.69 Å². The van der Waals surface area contributed by atoms with Crippen LogP contribution in [-0.4, -0.2) is 43.4 Å². The van der Waals surface area contributed by atoms with Gasteiger partial charge >= 0.3 is 0 Å². The molecule has 5 rings (SSSR count). The summed E-state index contributed by atoms with van der Waals surface area (Å²) in [4.78, 5) is 22.3. The molecular formula is C22H21FN6O4. The van der Waals surface area contributed by atoms with Crippen LogP contribution in [0.3, 0.4) is 0 Å². The maximum Gasteiger partial charge on any atom is 0.279 e. The van der Waals surface area contributed by atoms with Crippen LogP contribution in [-0.2, 0) is 16.0 Å². The molecule has 0 amide bonds. The SMILES string of the molecule is COCCn1c(=O)c2c(-c3nc(C4CCC(C)(C)O4)no3)ncn2c2ccc(F)c(C#N)c21. The molecule has 4 heterocycles. The van der Waals surface area contributed by atoms with Crippen LogP contribution in [0.4, 0.5) is 4.39 Å². The number of ether oxygens (including phenoxy) is 2. The van der Waals surface area contributed by atoms with Gasteiger partial charge in [-0.2, -0.15) is 10.2 Å². The second-order valence-corrected chi connectivity index (χ2v) is 8.53. The van der Waals surface area contributed by atoms with Crippen LogP contribution in [0.1, 0.15) is 44.2 Å². The van der Waals surface area contributed by atoms with Crippen molar-refractivity contribution in [2.45, 2.75) is 44.9 Å². The van der Waals surface area contributed by atoms with Crippen molar-refractivity contribution in [1.29, 1.82) is 5.26 Å². The van der Waals surface area contributed by atoms with Crippen LogP contribution in [0.15, 0.2) is 27.8 Å². The van der Waals surface area contributed by atoms with E-state index in [1.54, 1.807) is 0 Å². The summed E-state index contributed by atoms with van der Waals surface area (Å²) in [6, 6.07) is 4.55. The predicted molar refractivity (Wildman–Crippen MR) is 114 cm³/mol. The Hall–Kier alpha value is -3.62. The smallest absolute Gasteiger partial charge is 0.279 e. The molecule has 1 unspecified atom stereocenters. The van der Waals surface area contributed by atoms with Crippen molar-refractivity contribution in [3.05, 3.63) is 46.0 Å². The van der Waals surface area contributed by atoms with Crippen LogP contribution in [0.25, 0.3) is 28.1 Å². The van der Waals surface area contributed by atoms with E-state index in [4.69, 9.17) is 14.0 Å². The number of benzene rings is 1. The van der Waals surface area contributed by atoms with Crippen molar-refractivity contribution < 1.29 is 18.4 Å². The van der Waals surface area contributed by atoms with E-state index in [2.05, 4.69) is 15.1 Å². The molecule has 0 saturated carbocycles. The van der Waals surface area contributed by atoms with Crippen molar-refractivity contribution in [2.75, 3.05) is 13.7 Å². The van der Waals surface area contributed by atoms with Gasteiger partial charge in [0.1, 0.15) is 35.4 Å². The second-order valence-electron chi connectivity index (χ2n) is 8.53. The molecule has 33 heavy (non-hydrogen) atoms. The van der Waals surface area contributed by atoms with Crippen molar-refractivity contribution >= 4 is 16.6 Å². The Morgan fingerprint density at radius 3 is 2.88 bits per heavy atom. The zero-order valence-electron chi connectivity index (χ0n) is 18.3. The summed E-state index contributed by atoms with van der Waals surface area (Å²) in [7, 11) is 1.49. The molecule has 10 nitrogen and oxygen atoms in total. The van der Waals surface area contributed by atoms with Crippen molar-refractivity contribution in [3.63, 3.8) is 0 Å². The first-order valence-electron chi connectivity index (χ1n) is 10.5. The van der Waals surface area contributed by atoms with Crippen LogP contribution in [0, 0.1) is 17.1 Å². The molecule has 0 spiro atoms. The minimum absolute atomic E-state index is 0.0816. The third kappa shape index (κ3) is 3.39.